The van der Waals surface area contributed by atoms with Crippen LogP contribution in [0.15, 0.2) is 60.8 Å². The highest BCUT2D eigenvalue weighted by Gasteiger charge is 2.33. The number of amides is 1. The number of carbonyl (C=O) groups is 1. The average Bonchev–Trinajstić information content (AvgIpc) is 2.96. The summed E-state index contributed by atoms with van der Waals surface area (Å²) in [6.45, 7) is 3.35. The number of rotatable bonds is 4. The normalized spacial score (nSPS) is 14.3. The molecule has 1 amide bonds. The third kappa shape index (κ3) is 3.12. The molecule has 3 aromatic rings. The number of hydrogen-bond donors (Lipinski definition) is 0. The Morgan fingerprint density at radius 3 is 2.65 bits per heavy atom. The minimum Gasteiger partial charge on any atom is -0.338 e. The van der Waals surface area contributed by atoms with Gasteiger partial charge in [0.05, 0.1) is 12.5 Å². The Morgan fingerprint density at radius 1 is 1.15 bits per heavy atom. The van der Waals surface area contributed by atoms with Crippen molar-refractivity contribution in [2.24, 2.45) is 0 Å². The van der Waals surface area contributed by atoms with E-state index in [9.17, 15) is 9.18 Å². The van der Waals surface area contributed by atoms with Crippen molar-refractivity contribution >= 4 is 5.91 Å². The second-order valence-corrected chi connectivity index (χ2v) is 6.72. The molecule has 1 aliphatic rings. The third-order valence-corrected chi connectivity index (χ3v) is 4.84. The van der Waals surface area contributed by atoms with Crippen LogP contribution in [0.1, 0.15) is 17.3 Å². The molecule has 0 N–H and O–H groups in total. The van der Waals surface area contributed by atoms with Crippen LogP contribution in [0.2, 0.25) is 0 Å². The van der Waals surface area contributed by atoms with Crippen molar-refractivity contribution in [3.05, 3.63) is 77.9 Å². The molecule has 1 aliphatic heterocycles. The Morgan fingerprint density at radius 2 is 1.92 bits per heavy atom. The van der Waals surface area contributed by atoms with Crippen LogP contribution in [-0.2, 0) is 11.2 Å². The average molecular weight is 349 g/mol. The molecule has 4 nitrogen and oxygen atoms in total. The summed E-state index contributed by atoms with van der Waals surface area (Å²) in [7, 11) is 0. The second-order valence-electron chi connectivity index (χ2n) is 6.72. The lowest BCUT2D eigenvalue weighted by atomic mass is 10.0. The molecule has 1 saturated heterocycles. The van der Waals surface area contributed by atoms with E-state index in [-0.39, 0.29) is 24.2 Å². The van der Waals surface area contributed by atoms with Crippen LogP contribution in [0.3, 0.4) is 0 Å². The summed E-state index contributed by atoms with van der Waals surface area (Å²) in [6.07, 6.45) is 2.11. The van der Waals surface area contributed by atoms with Crippen LogP contribution in [0.25, 0.3) is 11.4 Å². The summed E-state index contributed by atoms with van der Waals surface area (Å²) in [5.74, 6) is 0.662. The highest BCUT2D eigenvalue weighted by atomic mass is 19.1. The van der Waals surface area contributed by atoms with Gasteiger partial charge < -0.3 is 9.47 Å². The number of carbonyl (C=O) groups excluding carboxylic acids is 1. The van der Waals surface area contributed by atoms with Crippen LogP contribution < -0.4 is 0 Å². The van der Waals surface area contributed by atoms with Crippen molar-refractivity contribution in [3.63, 3.8) is 0 Å². The number of imidazole rings is 1. The SMILES string of the molecule is Cc1cnc(-c2ccccc2)n1C1CN(C(=O)Cc2cccc(F)c2)C1. The molecule has 2 heterocycles. The summed E-state index contributed by atoms with van der Waals surface area (Å²) < 4.78 is 15.5. The maximum Gasteiger partial charge on any atom is 0.227 e. The standard InChI is InChI=1S/C21H20FN3O/c1-15-12-23-21(17-7-3-2-4-8-17)25(15)19-13-24(14-19)20(26)11-16-6-5-9-18(22)10-16/h2-10,12,19H,11,13-14H2,1H3. The lowest BCUT2D eigenvalue weighted by Crippen LogP contribution is -2.51. The van der Waals surface area contributed by atoms with Gasteiger partial charge in [-0.3, -0.25) is 4.79 Å². The Labute approximate surface area is 151 Å². The van der Waals surface area contributed by atoms with Gasteiger partial charge in [-0.1, -0.05) is 42.5 Å². The van der Waals surface area contributed by atoms with Gasteiger partial charge >= 0.3 is 0 Å². The predicted molar refractivity (Wildman–Crippen MR) is 98.1 cm³/mol. The topological polar surface area (TPSA) is 38.1 Å². The van der Waals surface area contributed by atoms with E-state index >= 15 is 0 Å². The number of likely N-dealkylation sites (tertiary alicyclic amines) is 1. The first-order valence-electron chi connectivity index (χ1n) is 8.73. The van der Waals surface area contributed by atoms with Crippen molar-refractivity contribution in [1.82, 2.24) is 14.5 Å². The molecule has 0 spiro atoms. The van der Waals surface area contributed by atoms with Gasteiger partial charge in [0, 0.05) is 30.5 Å². The summed E-state index contributed by atoms with van der Waals surface area (Å²) in [5.41, 5.74) is 2.87. The molecule has 2 aromatic carbocycles. The largest absolute Gasteiger partial charge is 0.338 e. The maximum absolute atomic E-state index is 13.3. The van der Waals surface area contributed by atoms with Crippen molar-refractivity contribution in [2.45, 2.75) is 19.4 Å². The van der Waals surface area contributed by atoms with Gasteiger partial charge in [-0.05, 0) is 24.6 Å². The molecular weight excluding hydrogens is 329 g/mol. The maximum atomic E-state index is 13.3. The smallest absolute Gasteiger partial charge is 0.227 e. The first kappa shape index (κ1) is 16.5. The first-order valence-corrected chi connectivity index (χ1v) is 8.73. The monoisotopic (exact) mass is 349 g/mol. The van der Waals surface area contributed by atoms with E-state index in [2.05, 4.69) is 9.55 Å². The molecule has 0 saturated carbocycles. The fraction of sp³-hybridized carbons (Fsp3) is 0.238. The Kier molecular flexibility index (Phi) is 4.29. The predicted octanol–water partition coefficient (Wildman–Crippen LogP) is 3.62. The van der Waals surface area contributed by atoms with Crippen LogP contribution in [0, 0.1) is 12.7 Å². The lowest BCUT2D eigenvalue weighted by Gasteiger charge is -2.41. The van der Waals surface area contributed by atoms with Gasteiger partial charge in [0.2, 0.25) is 5.91 Å². The Bertz CT molecular complexity index is 929. The molecule has 0 bridgehead atoms. The number of nitrogens with zero attached hydrogens (tertiary/aromatic N) is 3. The molecule has 5 heteroatoms. The lowest BCUT2D eigenvalue weighted by molar-refractivity contribution is -0.136. The molecule has 0 atom stereocenters. The minimum atomic E-state index is -0.307. The molecule has 4 rings (SSSR count). The zero-order valence-corrected chi connectivity index (χ0v) is 14.6. The molecule has 132 valence electrons. The number of hydrogen-bond acceptors (Lipinski definition) is 2. The number of aromatic nitrogens is 2. The van der Waals surface area contributed by atoms with Crippen LogP contribution in [-0.4, -0.2) is 33.4 Å². The van der Waals surface area contributed by atoms with E-state index in [0.717, 1.165) is 17.1 Å². The first-order chi connectivity index (χ1) is 12.6. The summed E-state index contributed by atoms with van der Waals surface area (Å²) in [5, 5.41) is 0. The molecule has 1 aromatic heterocycles. The zero-order chi connectivity index (χ0) is 18.1. The van der Waals surface area contributed by atoms with Crippen molar-refractivity contribution in [2.75, 3.05) is 13.1 Å². The van der Waals surface area contributed by atoms with Crippen molar-refractivity contribution in [3.8, 4) is 11.4 Å². The molecule has 0 unspecified atom stereocenters. The molecular formula is C21H20FN3O. The number of aryl methyl sites for hydroxylation is 1. The zero-order valence-electron chi connectivity index (χ0n) is 14.6. The number of benzene rings is 2. The summed E-state index contributed by atoms with van der Waals surface area (Å²) in [4.78, 5) is 18.8. The molecule has 26 heavy (non-hydrogen) atoms. The van der Waals surface area contributed by atoms with Crippen molar-refractivity contribution in [1.29, 1.82) is 0 Å². The number of halogens is 1. The van der Waals surface area contributed by atoms with Gasteiger partial charge in [0.1, 0.15) is 11.6 Å². The quantitative estimate of drug-likeness (QED) is 0.721. The van der Waals surface area contributed by atoms with E-state index in [1.165, 1.54) is 12.1 Å². The van der Waals surface area contributed by atoms with E-state index in [1.54, 1.807) is 12.1 Å². The molecule has 1 fully saturated rings. The van der Waals surface area contributed by atoms with Gasteiger partial charge in [-0.15, -0.1) is 0 Å². The third-order valence-electron chi connectivity index (χ3n) is 4.84. The van der Waals surface area contributed by atoms with Crippen molar-refractivity contribution < 1.29 is 9.18 Å². The fourth-order valence-corrected chi connectivity index (χ4v) is 3.46. The summed E-state index contributed by atoms with van der Waals surface area (Å²) >= 11 is 0. The second kappa shape index (κ2) is 6.75. The van der Waals surface area contributed by atoms with E-state index in [1.807, 2.05) is 48.4 Å². The highest BCUT2D eigenvalue weighted by molar-refractivity contribution is 5.79. The minimum absolute atomic E-state index is 0.0332. The van der Waals surface area contributed by atoms with Crippen LogP contribution >= 0.6 is 0 Å². The van der Waals surface area contributed by atoms with Gasteiger partial charge in [-0.2, -0.15) is 0 Å². The van der Waals surface area contributed by atoms with E-state index < -0.39 is 0 Å². The molecule has 0 aliphatic carbocycles. The van der Waals surface area contributed by atoms with E-state index in [4.69, 9.17) is 0 Å². The van der Waals surface area contributed by atoms with Crippen LogP contribution in [0.5, 0.6) is 0 Å². The Hall–Kier alpha value is -2.95. The summed E-state index contributed by atoms with van der Waals surface area (Å²) in [6, 6.07) is 16.5. The fourth-order valence-electron chi connectivity index (χ4n) is 3.46. The van der Waals surface area contributed by atoms with Gasteiger partial charge in [-0.25, -0.2) is 9.37 Å². The Balaban J connectivity index is 1.45. The molecule has 0 radical (unpaired) electrons. The van der Waals surface area contributed by atoms with Crippen LogP contribution in [0.4, 0.5) is 4.39 Å². The van der Waals surface area contributed by atoms with E-state index in [0.29, 0.717) is 18.7 Å². The van der Waals surface area contributed by atoms with Gasteiger partial charge in [0.15, 0.2) is 0 Å². The highest BCUT2D eigenvalue weighted by Crippen LogP contribution is 2.29. The van der Waals surface area contributed by atoms with Gasteiger partial charge in [0.25, 0.3) is 0 Å².